The Morgan fingerprint density at radius 1 is 1.17 bits per heavy atom. The van der Waals surface area contributed by atoms with Crippen molar-refractivity contribution in [3.8, 4) is 11.5 Å². The van der Waals surface area contributed by atoms with Gasteiger partial charge in [0.25, 0.3) is 5.56 Å². The van der Waals surface area contributed by atoms with Crippen LogP contribution in [0.15, 0.2) is 57.4 Å². The summed E-state index contributed by atoms with van der Waals surface area (Å²) in [6, 6.07) is 9.41. The number of benzene rings is 2. The van der Waals surface area contributed by atoms with Gasteiger partial charge in [-0.15, -0.1) is 6.58 Å². The minimum atomic E-state index is -0.197. The smallest absolute Gasteiger partial charge is 0.282 e. The van der Waals surface area contributed by atoms with Gasteiger partial charge in [0, 0.05) is 16.5 Å². The molecule has 1 aromatic heterocycles. The summed E-state index contributed by atoms with van der Waals surface area (Å²) in [4.78, 5) is 18.0. The zero-order valence-electron chi connectivity index (χ0n) is 21.2. The van der Waals surface area contributed by atoms with Crippen LogP contribution in [0.1, 0.15) is 58.0 Å². The second-order valence-electron chi connectivity index (χ2n) is 9.58. The predicted molar refractivity (Wildman–Crippen MR) is 147 cm³/mol. The van der Waals surface area contributed by atoms with Crippen molar-refractivity contribution in [3.63, 3.8) is 0 Å². The molecule has 0 bridgehead atoms. The third kappa shape index (κ3) is 6.82. The highest BCUT2D eigenvalue weighted by atomic mass is 79.9. The first kappa shape index (κ1) is 26.7. The number of aryl methyl sites for hydroxylation is 1. The van der Waals surface area contributed by atoms with E-state index in [-0.39, 0.29) is 11.0 Å². The van der Waals surface area contributed by atoms with Crippen molar-refractivity contribution in [2.45, 2.75) is 53.9 Å². The van der Waals surface area contributed by atoms with E-state index >= 15 is 0 Å². The highest BCUT2D eigenvalue weighted by Gasteiger charge is 2.18. The number of aromatic nitrogens is 2. The maximum Gasteiger partial charge on any atom is 0.282 e. The lowest BCUT2D eigenvalue weighted by atomic mass is 9.98. The Balaban J connectivity index is 2.10. The Bertz CT molecular complexity index is 1290. The van der Waals surface area contributed by atoms with Crippen LogP contribution in [0.25, 0.3) is 10.9 Å². The molecule has 7 heteroatoms. The first-order valence-corrected chi connectivity index (χ1v) is 12.7. The summed E-state index contributed by atoms with van der Waals surface area (Å²) in [5.41, 5.74) is 2.23. The highest BCUT2D eigenvalue weighted by Crippen LogP contribution is 2.35. The highest BCUT2D eigenvalue weighted by molar-refractivity contribution is 9.10. The molecule has 0 aliphatic rings. The third-order valence-electron chi connectivity index (χ3n) is 5.14. The molecule has 186 valence electrons. The Hall–Kier alpha value is -2.93. The first-order valence-electron chi connectivity index (χ1n) is 12.0. The van der Waals surface area contributed by atoms with Crippen LogP contribution in [-0.2, 0) is 12.8 Å². The normalized spacial score (nSPS) is 11.8. The Kier molecular flexibility index (Phi) is 8.89. The molecular weight excluding hydrogens is 506 g/mol. The minimum Gasteiger partial charge on any atom is -0.490 e. The molecule has 0 aliphatic carbocycles. The van der Waals surface area contributed by atoms with Crippen LogP contribution in [-0.4, -0.2) is 29.1 Å². The van der Waals surface area contributed by atoms with E-state index in [2.05, 4.69) is 55.3 Å². The second-order valence-corrected chi connectivity index (χ2v) is 10.5. The number of hydrogen-bond acceptors (Lipinski definition) is 5. The van der Waals surface area contributed by atoms with Gasteiger partial charge in [-0.05, 0) is 61.1 Å². The fourth-order valence-corrected chi connectivity index (χ4v) is 3.97. The molecule has 0 saturated heterocycles. The van der Waals surface area contributed by atoms with Crippen LogP contribution >= 0.6 is 15.9 Å². The summed E-state index contributed by atoms with van der Waals surface area (Å²) in [6.07, 6.45) is 5.62. The molecule has 0 radical (unpaired) electrons. The van der Waals surface area contributed by atoms with Gasteiger partial charge in [0.05, 0.1) is 30.3 Å². The van der Waals surface area contributed by atoms with Crippen LogP contribution in [0.5, 0.6) is 11.5 Å². The van der Waals surface area contributed by atoms with Gasteiger partial charge in [-0.1, -0.05) is 49.7 Å². The van der Waals surface area contributed by atoms with E-state index in [1.807, 2.05) is 37.3 Å². The van der Waals surface area contributed by atoms with Crippen LogP contribution in [0, 0.1) is 5.41 Å². The van der Waals surface area contributed by atoms with Crippen LogP contribution < -0.4 is 15.0 Å². The number of hydrogen-bond donors (Lipinski definition) is 0. The zero-order chi connectivity index (χ0) is 25.6. The van der Waals surface area contributed by atoms with Gasteiger partial charge >= 0.3 is 0 Å². The summed E-state index contributed by atoms with van der Waals surface area (Å²) >= 11 is 3.44. The summed E-state index contributed by atoms with van der Waals surface area (Å²) in [5.74, 6) is 2.00. The van der Waals surface area contributed by atoms with Crippen LogP contribution in [0.4, 0.5) is 0 Å². The first-order chi connectivity index (χ1) is 16.7. The molecule has 0 amide bonds. The van der Waals surface area contributed by atoms with Gasteiger partial charge in [-0.25, -0.2) is 4.98 Å². The maximum atomic E-state index is 13.3. The Morgan fingerprint density at radius 2 is 1.94 bits per heavy atom. The Morgan fingerprint density at radius 3 is 2.60 bits per heavy atom. The molecule has 2 aromatic carbocycles. The van der Waals surface area contributed by atoms with Crippen molar-refractivity contribution in [3.05, 3.63) is 74.8 Å². The fraction of sp³-hybridized carbons (Fsp3) is 0.393. The molecule has 0 aliphatic heterocycles. The molecule has 6 nitrogen and oxygen atoms in total. The van der Waals surface area contributed by atoms with Crippen molar-refractivity contribution in [2.75, 3.05) is 13.2 Å². The minimum absolute atomic E-state index is 0.00395. The van der Waals surface area contributed by atoms with Crippen molar-refractivity contribution in [1.82, 2.24) is 9.66 Å². The number of nitrogens with zero attached hydrogens (tertiary/aromatic N) is 3. The van der Waals surface area contributed by atoms with E-state index in [0.29, 0.717) is 48.5 Å². The van der Waals surface area contributed by atoms with E-state index in [1.165, 1.54) is 4.68 Å². The van der Waals surface area contributed by atoms with E-state index in [1.54, 1.807) is 12.3 Å². The van der Waals surface area contributed by atoms with Gasteiger partial charge in [-0.2, -0.15) is 9.78 Å². The molecule has 0 saturated carbocycles. The van der Waals surface area contributed by atoms with E-state index in [0.717, 1.165) is 27.8 Å². The molecular formula is C28H34BrN3O3. The monoisotopic (exact) mass is 539 g/mol. The summed E-state index contributed by atoms with van der Waals surface area (Å²) in [5, 5.41) is 5.09. The maximum absolute atomic E-state index is 13.3. The molecule has 1 heterocycles. The van der Waals surface area contributed by atoms with E-state index < -0.39 is 0 Å². The summed E-state index contributed by atoms with van der Waals surface area (Å²) in [6.45, 7) is 15.3. The summed E-state index contributed by atoms with van der Waals surface area (Å²) < 4.78 is 14.4. The van der Waals surface area contributed by atoms with E-state index in [9.17, 15) is 4.79 Å². The third-order valence-corrected chi connectivity index (χ3v) is 5.63. The lowest BCUT2D eigenvalue weighted by Gasteiger charge is -2.22. The lowest BCUT2D eigenvalue weighted by molar-refractivity contribution is 0.187. The second kappa shape index (κ2) is 11.7. The average molecular weight is 541 g/mol. The largest absolute Gasteiger partial charge is 0.490 e. The van der Waals surface area contributed by atoms with Crippen LogP contribution in [0.2, 0.25) is 0 Å². The number of rotatable bonds is 10. The van der Waals surface area contributed by atoms with Crippen molar-refractivity contribution < 1.29 is 9.47 Å². The van der Waals surface area contributed by atoms with Gasteiger partial charge in [0.15, 0.2) is 11.5 Å². The van der Waals surface area contributed by atoms with Gasteiger partial charge in [0.2, 0.25) is 0 Å². The standard InChI is InChI=1S/C28H34BrN3O3/c1-7-10-20-14-19(15-24(34-9-3)26(20)35-18-28(4,5)6)17-30-32-25(11-8-2)31-23-13-12-21(29)16-22(23)27(32)33/h7,12-17H,1,8-11,18H2,2-6H3. The molecule has 0 unspecified atom stereocenters. The molecule has 0 fully saturated rings. The SMILES string of the molecule is C=CCc1cc(C=Nn2c(CCC)nc3ccc(Br)cc3c2=O)cc(OCC)c1OCC(C)(C)C. The van der Waals surface area contributed by atoms with Gasteiger partial charge < -0.3 is 9.47 Å². The van der Waals surface area contributed by atoms with Crippen molar-refractivity contribution >= 4 is 33.0 Å². The molecule has 3 aromatic rings. The quantitative estimate of drug-likeness (QED) is 0.216. The molecule has 35 heavy (non-hydrogen) atoms. The van der Waals surface area contributed by atoms with E-state index in [4.69, 9.17) is 14.5 Å². The lowest BCUT2D eigenvalue weighted by Crippen LogP contribution is -2.22. The Labute approximate surface area is 215 Å². The average Bonchev–Trinajstić information content (AvgIpc) is 2.79. The molecule has 0 N–H and O–H groups in total. The van der Waals surface area contributed by atoms with Crippen LogP contribution in [0.3, 0.4) is 0 Å². The number of fused-ring (bicyclic) bond motifs is 1. The number of halogens is 1. The topological polar surface area (TPSA) is 65.7 Å². The molecule has 0 spiro atoms. The van der Waals surface area contributed by atoms with Crippen molar-refractivity contribution in [1.29, 1.82) is 0 Å². The number of allylic oxidation sites excluding steroid dienone is 1. The summed E-state index contributed by atoms with van der Waals surface area (Å²) in [7, 11) is 0. The fourth-order valence-electron chi connectivity index (χ4n) is 3.60. The zero-order valence-corrected chi connectivity index (χ0v) is 22.8. The number of ether oxygens (including phenoxy) is 2. The predicted octanol–water partition coefficient (Wildman–Crippen LogP) is 6.55. The van der Waals surface area contributed by atoms with Gasteiger partial charge in [-0.3, -0.25) is 4.79 Å². The molecule has 0 atom stereocenters. The van der Waals surface area contributed by atoms with Gasteiger partial charge in [0.1, 0.15) is 5.82 Å². The molecule has 3 rings (SSSR count). The van der Waals surface area contributed by atoms with Crippen molar-refractivity contribution in [2.24, 2.45) is 10.5 Å².